The second-order valence-electron chi connectivity index (χ2n) is 6.05. The Kier molecular flexibility index (Phi) is 6.09. The van der Waals surface area contributed by atoms with Gasteiger partial charge in [0, 0.05) is 4.47 Å². The van der Waals surface area contributed by atoms with Gasteiger partial charge in [0.1, 0.15) is 0 Å². The Morgan fingerprint density at radius 3 is 2.52 bits per heavy atom. The van der Waals surface area contributed by atoms with Crippen LogP contribution in [0.25, 0.3) is 6.08 Å². The minimum absolute atomic E-state index is 0.0761. The number of nitrogens with zero attached hydrogens (tertiary/aromatic N) is 2. The van der Waals surface area contributed by atoms with Gasteiger partial charge in [0.2, 0.25) is 0 Å². The van der Waals surface area contributed by atoms with E-state index in [0.29, 0.717) is 43.0 Å². The highest BCUT2D eigenvalue weighted by molar-refractivity contribution is 9.13. The van der Waals surface area contributed by atoms with Gasteiger partial charge in [-0.3, -0.25) is 4.79 Å². The minimum Gasteiger partial charge on any atom is -0.493 e. The molecule has 0 atom stereocenters. The van der Waals surface area contributed by atoms with Crippen LogP contribution in [0.5, 0.6) is 11.5 Å². The Labute approximate surface area is 183 Å². The number of carboxylic acids is 1. The van der Waals surface area contributed by atoms with Crippen LogP contribution in [0.1, 0.15) is 22.8 Å². The summed E-state index contributed by atoms with van der Waals surface area (Å²) < 4.78 is 12.1. The number of aromatic carboxylic acids is 1. The Morgan fingerprint density at radius 1 is 1.17 bits per heavy atom. The molecule has 1 aliphatic rings. The predicted octanol–water partition coefficient (Wildman–Crippen LogP) is 4.73. The maximum atomic E-state index is 13.0. The molecule has 7 nitrogen and oxygen atoms in total. The first-order chi connectivity index (χ1) is 13.8. The number of benzene rings is 2. The molecule has 0 saturated carbocycles. The van der Waals surface area contributed by atoms with Crippen molar-refractivity contribution in [3.63, 3.8) is 0 Å². The Bertz CT molecular complexity index is 1080. The number of rotatable bonds is 5. The zero-order valence-electron chi connectivity index (χ0n) is 15.7. The van der Waals surface area contributed by atoms with E-state index in [0.717, 1.165) is 0 Å². The van der Waals surface area contributed by atoms with Crippen LogP contribution < -0.4 is 14.5 Å². The molecule has 1 aliphatic heterocycles. The van der Waals surface area contributed by atoms with Gasteiger partial charge in [0.25, 0.3) is 5.91 Å². The lowest BCUT2D eigenvalue weighted by atomic mass is 10.1. The lowest BCUT2D eigenvalue weighted by molar-refractivity contribution is -0.114. The van der Waals surface area contributed by atoms with E-state index in [4.69, 9.17) is 9.47 Å². The molecule has 0 bridgehead atoms. The molecule has 3 rings (SSSR count). The lowest BCUT2D eigenvalue weighted by Crippen LogP contribution is -2.21. The molecule has 0 saturated heterocycles. The van der Waals surface area contributed by atoms with Crippen molar-refractivity contribution in [3.05, 3.63) is 56.0 Å². The van der Waals surface area contributed by atoms with Crippen LogP contribution in [0.2, 0.25) is 0 Å². The molecule has 0 spiro atoms. The molecule has 2 aromatic rings. The fraction of sp³-hybridized carbons (Fsp3) is 0.150. The van der Waals surface area contributed by atoms with Crippen LogP contribution in [0.15, 0.2) is 50.0 Å². The average Bonchev–Trinajstić information content (AvgIpc) is 2.99. The number of hydrazone groups is 1. The summed E-state index contributed by atoms with van der Waals surface area (Å²) in [6.07, 6.45) is 1.69. The van der Waals surface area contributed by atoms with Gasteiger partial charge in [-0.15, -0.1) is 0 Å². The van der Waals surface area contributed by atoms with Crippen molar-refractivity contribution >= 4 is 61.2 Å². The summed E-state index contributed by atoms with van der Waals surface area (Å²) >= 11 is 6.98. The smallest absolute Gasteiger partial charge is 0.335 e. The molecule has 0 radical (unpaired) electrons. The zero-order chi connectivity index (χ0) is 21.3. The van der Waals surface area contributed by atoms with Crippen LogP contribution in [0.4, 0.5) is 5.69 Å². The fourth-order valence-electron chi connectivity index (χ4n) is 2.84. The summed E-state index contributed by atoms with van der Waals surface area (Å²) in [6.45, 7) is 1.72. The number of halogens is 2. The Morgan fingerprint density at radius 2 is 1.90 bits per heavy atom. The molecule has 1 N–H and O–H groups in total. The van der Waals surface area contributed by atoms with Crippen molar-refractivity contribution < 1.29 is 24.2 Å². The van der Waals surface area contributed by atoms with Gasteiger partial charge in [-0.2, -0.15) is 10.1 Å². The van der Waals surface area contributed by atoms with E-state index >= 15 is 0 Å². The Hall–Kier alpha value is -2.65. The molecule has 150 valence electrons. The van der Waals surface area contributed by atoms with Crippen molar-refractivity contribution in [1.29, 1.82) is 0 Å². The van der Waals surface area contributed by atoms with E-state index < -0.39 is 5.97 Å². The number of carboxylic acid groups (broad SMARTS) is 1. The van der Waals surface area contributed by atoms with Gasteiger partial charge in [0.05, 0.1) is 41.2 Å². The lowest BCUT2D eigenvalue weighted by Gasteiger charge is -2.14. The summed E-state index contributed by atoms with van der Waals surface area (Å²) in [5.74, 6) is -0.408. The number of carbonyl (C=O) groups excluding carboxylic acids is 1. The molecular formula is C20H16Br2N2O5. The summed E-state index contributed by atoms with van der Waals surface area (Å²) in [5.41, 5.74) is 2.03. The number of ether oxygens (including phenoxy) is 2. The van der Waals surface area contributed by atoms with Crippen LogP contribution in [-0.4, -0.2) is 36.9 Å². The van der Waals surface area contributed by atoms with Gasteiger partial charge in [-0.25, -0.2) is 4.79 Å². The number of hydrogen-bond acceptors (Lipinski definition) is 5. The molecule has 29 heavy (non-hydrogen) atoms. The van der Waals surface area contributed by atoms with E-state index in [1.165, 1.54) is 31.4 Å². The highest BCUT2D eigenvalue weighted by atomic mass is 79.9. The largest absolute Gasteiger partial charge is 0.493 e. The monoisotopic (exact) mass is 522 g/mol. The molecular weight excluding hydrogens is 508 g/mol. The second kappa shape index (κ2) is 8.38. The SMILES string of the molecule is COc1cc(/C=C2/C(=O)N(c3cccc(C(=O)O)c3)N=C2C)c(Br)c(Br)c1OC. The summed E-state index contributed by atoms with van der Waals surface area (Å²) in [7, 11) is 3.06. The summed E-state index contributed by atoms with van der Waals surface area (Å²) in [4.78, 5) is 24.2. The standard InChI is InChI=1S/C20H16Br2N2O5/c1-10-14(8-12-9-15(28-2)18(29-3)17(22)16(12)21)19(25)24(23-10)13-6-4-5-11(7-13)20(26)27/h4-9H,1-3H3,(H,26,27)/b14-8+. The van der Waals surface area contributed by atoms with Gasteiger partial charge >= 0.3 is 5.97 Å². The van der Waals surface area contributed by atoms with Gasteiger partial charge in [0.15, 0.2) is 11.5 Å². The molecule has 2 aromatic carbocycles. The van der Waals surface area contributed by atoms with Crippen LogP contribution in [0.3, 0.4) is 0 Å². The topological polar surface area (TPSA) is 88.4 Å². The van der Waals surface area contributed by atoms with E-state index in [9.17, 15) is 14.7 Å². The molecule has 0 aliphatic carbocycles. The van der Waals surface area contributed by atoms with Gasteiger partial charge in [-0.1, -0.05) is 6.07 Å². The van der Waals surface area contributed by atoms with Crippen molar-refractivity contribution in [2.24, 2.45) is 5.10 Å². The van der Waals surface area contributed by atoms with E-state index in [-0.39, 0.29) is 11.5 Å². The van der Waals surface area contributed by atoms with Crippen LogP contribution >= 0.6 is 31.9 Å². The van der Waals surface area contributed by atoms with E-state index in [1.54, 1.807) is 31.2 Å². The number of amides is 1. The van der Waals surface area contributed by atoms with Crippen LogP contribution in [-0.2, 0) is 4.79 Å². The Balaban J connectivity index is 2.04. The maximum Gasteiger partial charge on any atom is 0.335 e. The molecule has 9 heteroatoms. The molecule has 1 heterocycles. The van der Waals surface area contributed by atoms with E-state index in [1.807, 2.05) is 0 Å². The second-order valence-corrected chi connectivity index (χ2v) is 7.63. The average molecular weight is 524 g/mol. The first-order valence-corrected chi connectivity index (χ1v) is 9.92. The molecule has 1 amide bonds. The third-order valence-corrected chi connectivity index (χ3v) is 6.42. The van der Waals surface area contributed by atoms with Crippen LogP contribution in [0, 0.1) is 0 Å². The van der Waals surface area contributed by atoms with Crippen molar-refractivity contribution in [2.75, 3.05) is 19.2 Å². The highest BCUT2D eigenvalue weighted by Gasteiger charge is 2.29. The van der Waals surface area contributed by atoms with Gasteiger partial charge < -0.3 is 14.6 Å². The normalized spacial score (nSPS) is 14.9. The molecule has 0 fully saturated rings. The number of anilines is 1. The molecule has 0 aromatic heterocycles. The fourth-order valence-corrected chi connectivity index (χ4v) is 3.83. The maximum absolute atomic E-state index is 13.0. The first kappa shape index (κ1) is 21.1. The van der Waals surface area contributed by atoms with Crippen molar-refractivity contribution in [1.82, 2.24) is 0 Å². The minimum atomic E-state index is -1.07. The predicted molar refractivity (Wildman–Crippen MR) is 117 cm³/mol. The zero-order valence-corrected chi connectivity index (χ0v) is 18.9. The first-order valence-electron chi connectivity index (χ1n) is 8.33. The number of carbonyl (C=O) groups is 2. The van der Waals surface area contributed by atoms with E-state index in [2.05, 4.69) is 37.0 Å². The quantitative estimate of drug-likeness (QED) is 0.572. The summed E-state index contributed by atoms with van der Waals surface area (Å²) in [5, 5.41) is 14.7. The van der Waals surface area contributed by atoms with Crippen molar-refractivity contribution in [2.45, 2.75) is 6.92 Å². The summed E-state index contributed by atoms with van der Waals surface area (Å²) in [6, 6.07) is 7.81. The number of methoxy groups -OCH3 is 2. The number of hydrogen-bond donors (Lipinski definition) is 1. The molecule has 0 unspecified atom stereocenters. The van der Waals surface area contributed by atoms with Gasteiger partial charge in [-0.05, 0) is 74.7 Å². The third kappa shape index (κ3) is 3.92. The third-order valence-electron chi connectivity index (χ3n) is 4.28. The van der Waals surface area contributed by atoms with Crippen molar-refractivity contribution in [3.8, 4) is 11.5 Å². The highest BCUT2D eigenvalue weighted by Crippen LogP contribution is 2.43.